The molecule has 13 heteroatoms. The van der Waals surface area contributed by atoms with Gasteiger partial charge in [0.05, 0.1) is 27.7 Å². The smallest absolute Gasteiger partial charge is 0.417 e. The second-order valence-corrected chi connectivity index (χ2v) is 10.4. The molecule has 0 fully saturated rings. The molecule has 2 N–H and O–H groups in total. The number of amides is 1. The molecule has 4 rings (SSSR count). The van der Waals surface area contributed by atoms with Crippen molar-refractivity contribution in [3.05, 3.63) is 91.7 Å². The Morgan fingerprint density at radius 3 is 2.54 bits per heavy atom. The van der Waals surface area contributed by atoms with Crippen LogP contribution in [0.5, 0.6) is 0 Å². The van der Waals surface area contributed by atoms with E-state index in [9.17, 15) is 23.2 Å². The van der Waals surface area contributed by atoms with Gasteiger partial charge < -0.3 is 30.5 Å². The van der Waals surface area contributed by atoms with Crippen LogP contribution in [0, 0.1) is 5.21 Å². The van der Waals surface area contributed by atoms with Gasteiger partial charge in [-0.15, -0.1) is 0 Å². The summed E-state index contributed by atoms with van der Waals surface area (Å²) in [5.41, 5.74) is 1.22. The van der Waals surface area contributed by atoms with E-state index < -0.39 is 28.9 Å². The number of alkyl halides is 3. The molecule has 0 saturated heterocycles. The highest BCUT2D eigenvalue weighted by Gasteiger charge is 2.33. The Labute approximate surface area is 245 Å². The Kier molecular flexibility index (Phi) is 9.45. The predicted molar refractivity (Wildman–Crippen MR) is 154 cm³/mol. The number of likely N-dealkylation sites (N-methyl/N-ethyl adjacent to an activating group) is 1. The van der Waals surface area contributed by atoms with Crippen LogP contribution < -0.4 is 10.6 Å². The Bertz CT molecular complexity index is 1470. The molecule has 41 heavy (non-hydrogen) atoms. The number of aromatic nitrogens is 1. The number of halogens is 5. The number of methoxy groups -OCH3 is 1. The van der Waals surface area contributed by atoms with Crippen LogP contribution >= 0.6 is 23.2 Å². The Morgan fingerprint density at radius 2 is 1.88 bits per heavy atom. The van der Waals surface area contributed by atoms with Gasteiger partial charge in [-0.2, -0.15) is 13.2 Å². The molecule has 0 saturated carbocycles. The van der Waals surface area contributed by atoms with Crippen molar-refractivity contribution >= 4 is 52.4 Å². The number of fused-ring (bicyclic) bond motifs is 1. The molecule has 0 aliphatic carbocycles. The molecule has 3 aromatic rings. The second-order valence-electron chi connectivity index (χ2n) is 9.58. The lowest BCUT2D eigenvalue weighted by atomic mass is 10.0. The van der Waals surface area contributed by atoms with Crippen molar-refractivity contribution in [2.75, 3.05) is 44.9 Å². The highest BCUT2D eigenvalue weighted by molar-refractivity contribution is 6.33. The number of rotatable bonds is 9. The first kappa shape index (κ1) is 30.6. The molecule has 8 nitrogen and oxygen atoms in total. The van der Waals surface area contributed by atoms with Gasteiger partial charge in [0.25, 0.3) is 0 Å². The first-order valence-electron chi connectivity index (χ1n) is 12.4. The zero-order valence-electron chi connectivity index (χ0n) is 22.4. The second kappa shape index (κ2) is 12.7. The fraction of sp³-hybridized carbons (Fsp3) is 0.286. The summed E-state index contributed by atoms with van der Waals surface area (Å²) in [5.74, 6) is 0.0605. The number of hydrogen-bond donors (Lipinski definition) is 2. The standard InChI is InChI=1S/C28H27Cl2F3N5O3/c1-37(2)11-10-34-24-9-5-17-14-23(38(40)27(41-3)26(17)36-24)19-7-6-18(15-22(19)30)35-25(39)13-16-4-8-21(29)20(12-16)28(31,32)33/h4-9,12,14-15,27H,10-11,13H2,1-3H3,(H,34,36)(H,35,39)/q-1. The van der Waals surface area contributed by atoms with Gasteiger partial charge in [-0.1, -0.05) is 29.3 Å². The molecular formula is C28H27Cl2F3N5O3-. The third kappa shape index (κ3) is 7.30. The molecule has 0 bridgehead atoms. The maximum Gasteiger partial charge on any atom is 0.417 e. The van der Waals surface area contributed by atoms with Crippen LogP contribution in [0.4, 0.5) is 24.7 Å². The van der Waals surface area contributed by atoms with E-state index in [0.717, 1.165) is 18.7 Å². The molecule has 218 valence electrons. The van der Waals surface area contributed by atoms with Crippen LogP contribution in [0.2, 0.25) is 10.0 Å². The number of benzene rings is 2. The number of carbonyl (C=O) groups excluding carboxylic acids is 1. The highest BCUT2D eigenvalue weighted by atomic mass is 35.5. The lowest BCUT2D eigenvalue weighted by Crippen LogP contribution is -2.28. The van der Waals surface area contributed by atoms with Crippen molar-refractivity contribution < 1.29 is 22.7 Å². The Morgan fingerprint density at radius 1 is 1.12 bits per heavy atom. The molecule has 1 aromatic heterocycles. The average molecular weight is 609 g/mol. The van der Waals surface area contributed by atoms with Crippen LogP contribution in [-0.2, 0) is 22.1 Å². The molecule has 0 spiro atoms. The number of hydrogen-bond acceptors (Lipinski definition) is 7. The lowest BCUT2D eigenvalue weighted by molar-refractivity contribution is -0.137. The quantitative estimate of drug-likeness (QED) is 0.286. The molecule has 2 heterocycles. The molecule has 1 aliphatic rings. The summed E-state index contributed by atoms with van der Waals surface area (Å²) in [6.45, 7) is 1.48. The molecule has 0 radical (unpaired) electrons. The van der Waals surface area contributed by atoms with Crippen molar-refractivity contribution in [3.8, 4) is 0 Å². The van der Waals surface area contributed by atoms with Crippen molar-refractivity contribution in [2.24, 2.45) is 0 Å². The summed E-state index contributed by atoms with van der Waals surface area (Å²) < 4.78 is 44.9. The number of anilines is 2. The molecule has 1 unspecified atom stereocenters. The SMILES string of the molecule is COC1c2nc(NCCN(C)C)ccc2C=C(c2ccc(NC(=O)Cc3ccc(Cl)c(C(F)(F)F)c3)cc2Cl)N1[O-]. The van der Waals surface area contributed by atoms with Crippen LogP contribution in [-0.4, -0.2) is 55.1 Å². The fourth-order valence-corrected chi connectivity index (χ4v) is 4.76. The van der Waals surface area contributed by atoms with E-state index >= 15 is 0 Å². The first-order valence-corrected chi connectivity index (χ1v) is 13.2. The summed E-state index contributed by atoms with van der Waals surface area (Å²) >= 11 is 12.2. The number of nitrogens with one attached hydrogen (secondary N) is 2. The maximum atomic E-state index is 13.3. The summed E-state index contributed by atoms with van der Waals surface area (Å²) in [6, 6.07) is 11.5. The van der Waals surface area contributed by atoms with E-state index in [4.69, 9.17) is 27.9 Å². The van der Waals surface area contributed by atoms with Gasteiger partial charge in [0.15, 0.2) is 6.23 Å². The molecular weight excluding hydrogens is 582 g/mol. The van der Waals surface area contributed by atoms with Crippen molar-refractivity contribution in [1.29, 1.82) is 0 Å². The summed E-state index contributed by atoms with van der Waals surface area (Å²) in [7, 11) is 5.34. The van der Waals surface area contributed by atoms with Crippen molar-refractivity contribution in [2.45, 2.75) is 18.8 Å². The number of hydroxylamine groups is 2. The van der Waals surface area contributed by atoms with Gasteiger partial charge in [0, 0.05) is 42.7 Å². The topological polar surface area (TPSA) is 92.8 Å². The molecule has 2 aromatic carbocycles. The van der Waals surface area contributed by atoms with Crippen LogP contribution in [0.25, 0.3) is 11.8 Å². The lowest BCUT2D eigenvalue weighted by Gasteiger charge is -2.43. The normalized spacial score (nSPS) is 15.0. The summed E-state index contributed by atoms with van der Waals surface area (Å²) in [4.78, 5) is 19.2. The van der Waals surface area contributed by atoms with Crippen molar-refractivity contribution in [3.63, 3.8) is 0 Å². The Balaban J connectivity index is 1.52. The fourth-order valence-electron chi connectivity index (χ4n) is 4.25. The molecule has 1 atom stereocenters. The van der Waals surface area contributed by atoms with Crippen molar-refractivity contribution in [1.82, 2.24) is 14.9 Å². The first-order chi connectivity index (χ1) is 19.4. The number of ether oxygens (including phenoxy) is 1. The van der Waals surface area contributed by atoms with Gasteiger partial charge in [0.1, 0.15) is 5.82 Å². The minimum Gasteiger partial charge on any atom is -0.756 e. The number of pyridine rings is 1. The minimum absolute atomic E-state index is 0.144. The van der Waals surface area contributed by atoms with E-state index in [2.05, 4.69) is 15.6 Å². The van der Waals surface area contributed by atoms with Gasteiger partial charge in [-0.25, -0.2) is 4.98 Å². The zero-order chi connectivity index (χ0) is 29.9. The van der Waals surface area contributed by atoms with Gasteiger partial charge in [-0.05, 0) is 68.2 Å². The third-order valence-corrected chi connectivity index (χ3v) is 6.89. The minimum atomic E-state index is -4.64. The zero-order valence-corrected chi connectivity index (χ0v) is 23.9. The summed E-state index contributed by atoms with van der Waals surface area (Å²) in [5, 5.41) is 19.6. The maximum absolute atomic E-state index is 13.3. The Hall–Kier alpha value is -3.35. The van der Waals surface area contributed by atoms with Crippen LogP contribution in [0.1, 0.15) is 34.2 Å². The van der Waals surface area contributed by atoms with E-state index in [1.807, 2.05) is 31.1 Å². The summed E-state index contributed by atoms with van der Waals surface area (Å²) in [6.07, 6.45) is -4.31. The average Bonchev–Trinajstić information content (AvgIpc) is 2.89. The monoisotopic (exact) mass is 608 g/mol. The third-order valence-electron chi connectivity index (χ3n) is 6.25. The van der Waals surface area contributed by atoms with Gasteiger partial charge >= 0.3 is 6.18 Å². The largest absolute Gasteiger partial charge is 0.756 e. The van der Waals surface area contributed by atoms with Gasteiger partial charge in [-0.3, -0.25) is 4.79 Å². The van der Waals surface area contributed by atoms with E-state index in [0.29, 0.717) is 39.9 Å². The highest BCUT2D eigenvalue weighted by Crippen LogP contribution is 2.40. The van der Waals surface area contributed by atoms with Crippen LogP contribution in [0.3, 0.4) is 0 Å². The number of carbonyl (C=O) groups is 1. The van der Waals surface area contributed by atoms with Crippen LogP contribution in [0.15, 0.2) is 48.5 Å². The molecule has 1 amide bonds. The van der Waals surface area contributed by atoms with Gasteiger partial charge in [0.2, 0.25) is 5.91 Å². The number of nitrogens with zero attached hydrogens (tertiary/aromatic N) is 3. The predicted octanol–water partition coefficient (Wildman–Crippen LogP) is 6.52. The molecule has 1 aliphatic heterocycles. The van der Waals surface area contributed by atoms with E-state index in [-0.39, 0.29) is 22.7 Å². The van der Waals surface area contributed by atoms with E-state index in [1.165, 1.54) is 19.2 Å². The van der Waals surface area contributed by atoms with E-state index in [1.54, 1.807) is 18.2 Å².